The fourth-order valence-corrected chi connectivity index (χ4v) is 4.18. The second-order valence-electron chi connectivity index (χ2n) is 7.21. The number of amides is 1. The Morgan fingerprint density at radius 1 is 1.28 bits per heavy atom. The Balaban J connectivity index is 1.53. The van der Waals surface area contributed by atoms with Crippen LogP contribution in [-0.4, -0.2) is 51.2 Å². The van der Waals surface area contributed by atoms with E-state index in [4.69, 9.17) is 9.72 Å². The highest BCUT2D eigenvalue weighted by Crippen LogP contribution is 2.32. The molecule has 134 valence electrons. The molecule has 6 nitrogen and oxygen atoms in total. The molecule has 0 spiro atoms. The molecule has 6 heteroatoms. The van der Waals surface area contributed by atoms with Crippen molar-refractivity contribution in [2.45, 2.75) is 38.1 Å². The number of hydrogen-bond acceptors (Lipinski definition) is 3. The number of carbonyl (C=O) groups is 1. The Labute approximate surface area is 148 Å². The molecule has 4 heterocycles. The number of imidazole rings is 1. The van der Waals surface area contributed by atoms with E-state index < -0.39 is 0 Å². The van der Waals surface area contributed by atoms with Gasteiger partial charge in [-0.1, -0.05) is 0 Å². The molecule has 1 atom stereocenters. The van der Waals surface area contributed by atoms with Crippen molar-refractivity contribution in [2.24, 2.45) is 7.05 Å². The predicted octanol–water partition coefficient (Wildman–Crippen LogP) is 2.51. The van der Waals surface area contributed by atoms with E-state index in [1.54, 1.807) is 0 Å². The molecule has 0 aromatic carbocycles. The van der Waals surface area contributed by atoms with Gasteiger partial charge < -0.3 is 18.8 Å². The molecule has 1 unspecified atom stereocenters. The highest BCUT2D eigenvalue weighted by atomic mass is 16.5. The molecule has 2 aliphatic heterocycles. The first-order chi connectivity index (χ1) is 12.1. The molecule has 4 rings (SSSR count). The monoisotopic (exact) mass is 342 g/mol. The fraction of sp³-hybridized carbons (Fsp3) is 0.579. The third-order valence-electron chi connectivity index (χ3n) is 5.58. The maximum atomic E-state index is 12.8. The van der Waals surface area contributed by atoms with Gasteiger partial charge in [-0.15, -0.1) is 0 Å². The van der Waals surface area contributed by atoms with E-state index in [9.17, 15) is 4.79 Å². The summed E-state index contributed by atoms with van der Waals surface area (Å²) in [5.74, 6) is 1.78. The van der Waals surface area contributed by atoms with Crippen molar-refractivity contribution in [3.8, 4) is 0 Å². The SMILES string of the molecule is Cc1cnc(C2CCOCC2)n1C1CCN(C(=O)c2cccn2C)C1. The minimum atomic E-state index is 0.125. The van der Waals surface area contributed by atoms with Gasteiger partial charge in [-0.3, -0.25) is 4.79 Å². The van der Waals surface area contributed by atoms with Crippen LogP contribution in [0.25, 0.3) is 0 Å². The van der Waals surface area contributed by atoms with Gasteiger partial charge in [-0.2, -0.15) is 0 Å². The zero-order valence-corrected chi connectivity index (χ0v) is 15.0. The Morgan fingerprint density at radius 3 is 2.80 bits per heavy atom. The molecule has 1 amide bonds. The molecule has 0 aliphatic carbocycles. The van der Waals surface area contributed by atoms with Gasteiger partial charge >= 0.3 is 0 Å². The maximum Gasteiger partial charge on any atom is 0.270 e. The molecule has 0 bridgehead atoms. The second-order valence-corrected chi connectivity index (χ2v) is 7.21. The summed E-state index contributed by atoms with van der Waals surface area (Å²) < 4.78 is 9.78. The Kier molecular flexibility index (Phi) is 4.37. The van der Waals surface area contributed by atoms with Gasteiger partial charge in [0.25, 0.3) is 5.91 Å². The first kappa shape index (κ1) is 16.4. The lowest BCUT2D eigenvalue weighted by molar-refractivity contribution is 0.0775. The largest absolute Gasteiger partial charge is 0.381 e. The van der Waals surface area contributed by atoms with Crippen LogP contribution in [0.15, 0.2) is 24.5 Å². The molecule has 2 aromatic heterocycles. The van der Waals surface area contributed by atoms with E-state index in [0.29, 0.717) is 12.0 Å². The lowest BCUT2D eigenvalue weighted by Gasteiger charge is -2.26. The van der Waals surface area contributed by atoms with Crippen molar-refractivity contribution in [3.05, 3.63) is 41.7 Å². The molecule has 2 aromatic rings. The summed E-state index contributed by atoms with van der Waals surface area (Å²) in [6, 6.07) is 4.14. The van der Waals surface area contributed by atoms with Crippen LogP contribution in [0.4, 0.5) is 0 Å². The van der Waals surface area contributed by atoms with Crippen LogP contribution in [0, 0.1) is 6.92 Å². The van der Waals surface area contributed by atoms with Gasteiger partial charge in [0.15, 0.2) is 0 Å². The van der Waals surface area contributed by atoms with Crippen molar-refractivity contribution in [3.63, 3.8) is 0 Å². The second kappa shape index (κ2) is 6.67. The predicted molar refractivity (Wildman–Crippen MR) is 94.7 cm³/mol. The van der Waals surface area contributed by atoms with Gasteiger partial charge in [0, 0.05) is 57.4 Å². The van der Waals surface area contributed by atoms with Crippen molar-refractivity contribution in [2.75, 3.05) is 26.3 Å². The summed E-state index contributed by atoms with van der Waals surface area (Å²) in [6.45, 7) is 5.33. The minimum absolute atomic E-state index is 0.125. The molecule has 0 saturated carbocycles. The minimum Gasteiger partial charge on any atom is -0.381 e. The molecular formula is C19H26N4O2. The number of hydrogen-bond donors (Lipinski definition) is 0. The van der Waals surface area contributed by atoms with Gasteiger partial charge in [0.05, 0.1) is 6.04 Å². The number of nitrogens with zero attached hydrogens (tertiary/aromatic N) is 4. The first-order valence-corrected chi connectivity index (χ1v) is 9.17. The molecule has 0 radical (unpaired) electrons. The molecular weight excluding hydrogens is 316 g/mol. The quantitative estimate of drug-likeness (QED) is 0.861. The van der Waals surface area contributed by atoms with Gasteiger partial charge in [-0.05, 0) is 38.3 Å². The average molecular weight is 342 g/mol. The normalized spacial score (nSPS) is 21.8. The van der Waals surface area contributed by atoms with Crippen LogP contribution in [-0.2, 0) is 11.8 Å². The summed E-state index contributed by atoms with van der Waals surface area (Å²) in [5.41, 5.74) is 1.95. The van der Waals surface area contributed by atoms with Crippen molar-refractivity contribution in [1.82, 2.24) is 19.0 Å². The summed E-state index contributed by atoms with van der Waals surface area (Å²) in [4.78, 5) is 19.5. The molecule has 2 aliphatic rings. The van der Waals surface area contributed by atoms with Gasteiger partial charge in [-0.25, -0.2) is 4.98 Å². The zero-order chi connectivity index (χ0) is 17.4. The van der Waals surface area contributed by atoms with Crippen molar-refractivity contribution in [1.29, 1.82) is 0 Å². The van der Waals surface area contributed by atoms with E-state index in [2.05, 4.69) is 11.5 Å². The van der Waals surface area contributed by atoms with Crippen LogP contribution in [0.5, 0.6) is 0 Å². The fourth-order valence-electron chi connectivity index (χ4n) is 4.18. The number of ether oxygens (including phenoxy) is 1. The summed E-state index contributed by atoms with van der Waals surface area (Å²) in [7, 11) is 1.92. The van der Waals surface area contributed by atoms with Crippen LogP contribution >= 0.6 is 0 Å². The molecule has 2 fully saturated rings. The van der Waals surface area contributed by atoms with Crippen LogP contribution in [0.3, 0.4) is 0 Å². The Bertz CT molecular complexity index is 757. The summed E-state index contributed by atoms with van der Waals surface area (Å²) >= 11 is 0. The smallest absolute Gasteiger partial charge is 0.270 e. The topological polar surface area (TPSA) is 52.3 Å². The van der Waals surface area contributed by atoms with E-state index in [-0.39, 0.29) is 5.91 Å². The van der Waals surface area contributed by atoms with E-state index >= 15 is 0 Å². The Morgan fingerprint density at radius 2 is 2.08 bits per heavy atom. The number of likely N-dealkylation sites (tertiary alicyclic amines) is 1. The highest BCUT2D eigenvalue weighted by molar-refractivity contribution is 5.93. The van der Waals surface area contributed by atoms with E-state index in [1.807, 2.05) is 41.0 Å². The Hall–Kier alpha value is -2.08. The molecule has 0 N–H and O–H groups in total. The first-order valence-electron chi connectivity index (χ1n) is 9.17. The lowest BCUT2D eigenvalue weighted by Crippen LogP contribution is -2.31. The molecule has 2 saturated heterocycles. The maximum absolute atomic E-state index is 12.8. The zero-order valence-electron chi connectivity index (χ0n) is 15.0. The number of aryl methyl sites for hydroxylation is 2. The lowest BCUT2D eigenvalue weighted by atomic mass is 9.99. The van der Waals surface area contributed by atoms with Gasteiger partial charge in [0.1, 0.15) is 11.5 Å². The van der Waals surface area contributed by atoms with E-state index in [1.165, 1.54) is 11.5 Å². The van der Waals surface area contributed by atoms with Crippen molar-refractivity contribution < 1.29 is 9.53 Å². The van der Waals surface area contributed by atoms with Gasteiger partial charge in [0.2, 0.25) is 0 Å². The third-order valence-corrected chi connectivity index (χ3v) is 5.58. The highest BCUT2D eigenvalue weighted by Gasteiger charge is 2.32. The third kappa shape index (κ3) is 2.99. The van der Waals surface area contributed by atoms with E-state index in [0.717, 1.165) is 51.3 Å². The summed E-state index contributed by atoms with van der Waals surface area (Å²) in [5, 5.41) is 0. The number of rotatable bonds is 3. The number of aromatic nitrogens is 3. The van der Waals surface area contributed by atoms with Crippen molar-refractivity contribution >= 4 is 5.91 Å². The van der Waals surface area contributed by atoms with Crippen LogP contribution < -0.4 is 0 Å². The summed E-state index contributed by atoms with van der Waals surface area (Å²) in [6.07, 6.45) is 6.96. The standard InChI is InChI=1S/C19H26N4O2/c1-14-12-20-18(15-6-10-25-11-7-15)23(14)16-5-9-22(13-16)19(24)17-4-3-8-21(17)2/h3-4,8,12,15-16H,5-7,9-11,13H2,1-2H3. The number of carbonyl (C=O) groups excluding carboxylic acids is 1. The molecule has 25 heavy (non-hydrogen) atoms. The average Bonchev–Trinajstić information content (AvgIpc) is 3.34. The van der Waals surface area contributed by atoms with Crippen LogP contribution in [0.2, 0.25) is 0 Å². The van der Waals surface area contributed by atoms with Crippen LogP contribution in [0.1, 0.15) is 53.2 Å².